The van der Waals surface area contributed by atoms with E-state index in [0.29, 0.717) is 17.1 Å². The van der Waals surface area contributed by atoms with Crippen molar-refractivity contribution in [3.8, 4) is 11.5 Å². The number of hydrogen-bond donors (Lipinski definition) is 1. The molecule has 3 aromatic rings. The zero-order valence-electron chi connectivity index (χ0n) is 19.7. The fourth-order valence-corrected chi connectivity index (χ4v) is 4.44. The highest BCUT2D eigenvalue weighted by Crippen LogP contribution is 2.38. The van der Waals surface area contributed by atoms with Crippen LogP contribution in [0.3, 0.4) is 0 Å². The minimum absolute atomic E-state index is 0.158. The van der Waals surface area contributed by atoms with Gasteiger partial charge < -0.3 is 9.47 Å². The molecule has 1 heterocycles. The van der Waals surface area contributed by atoms with E-state index in [1.54, 1.807) is 30.3 Å². The minimum Gasteiger partial charge on any atom is -0.493 e. The maximum atomic E-state index is 13.2. The average Bonchev–Trinajstić information content (AvgIpc) is 2.81. The number of nitrogens with one attached hydrogen (secondary N) is 1. The summed E-state index contributed by atoms with van der Waals surface area (Å²) >= 11 is 12.7. The Morgan fingerprint density at radius 2 is 1.64 bits per heavy atom. The molecule has 1 fully saturated rings. The van der Waals surface area contributed by atoms with E-state index in [0.717, 1.165) is 21.6 Å². The third-order valence-electron chi connectivity index (χ3n) is 5.42. The highest BCUT2D eigenvalue weighted by Gasteiger charge is 2.37. The molecule has 4 rings (SSSR count). The van der Waals surface area contributed by atoms with Gasteiger partial charge in [0.2, 0.25) is 0 Å². The number of imide groups is 2. The number of hydrogen-bond acceptors (Lipinski definition) is 5. The van der Waals surface area contributed by atoms with Crippen LogP contribution in [0.5, 0.6) is 11.5 Å². The normalized spacial score (nSPS) is 14.8. The first-order valence-electron chi connectivity index (χ1n) is 10.9. The number of nitrogens with zero attached hydrogens (tertiary/aromatic N) is 1. The average molecular weight is 525 g/mol. The summed E-state index contributed by atoms with van der Waals surface area (Å²) in [6.07, 6.45) is 1.33. The van der Waals surface area contributed by atoms with Crippen LogP contribution in [0.4, 0.5) is 10.5 Å². The van der Waals surface area contributed by atoms with Crippen LogP contribution in [0.2, 0.25) is 10.0 Å². The molecule has 0 aliphatic carbocycles. The maximum absolute atomic E-state index is 13.2. The summed E-state index contributed by atoms with van der Waals surface area (Å²) in [6, 6.07) is 14.7. The topological polar surface area (TPSA) is 84.9 Å². The number of benzene rings is 3. The molecule has 36 heavy (non-hydrogen) atoms. The molecule has 1 saturated heterocycles. The number of methoxy groups -OCH3 is 1. The minimum atomic E-state index is -0.888. The molecule has 0 saturated carbocycles. The van der Waals surface area contributed by atoms with Crippen molar-refractivity contribution in [3.05, 3.63) is 92.5 Å². The number of ether oxygens (including phenoxy) is 2. The lowest BCUT2D eigenvalue weighted by Crippen LogP contribution is -2.54. The molecular weight excluding hydrogens is 503 g/mol. The quantitative estimate of drug-likeness (QED) is 0.322. The second kappa shape index (κ2) is 10.4. The van der Waals surface area contributed by atoms with Crippen LogP contribution in [0.15, 0.2) is 60.2 Å². The Hall–Kier alpha value is -3.81. The molecule has 0 unspecified atom stereocenters. The zero-order valence-corrected chi connectivity index (χ0v) is 21.2. The van der Waals surface area contributed by atoms with E-state index >= 15 is 0 Å². The van der Waals surface area contributed by atoms with Gasteiger partial charge in [0.25, 0.3) is 11.8 Å². The molecule has 1 N–H and O–H groups in total. The van der Waals surface area contributed by atoms with Gasteiger partial charge in [-0.1, -0.05) is 64.7 Å². The molecule has 7 nitrogen and oxygen atoms in total. The molecule has 3 aromatic carbocycles. The lowest BCUT2D eigenvalue weighted by molar-refractivity contribution is -0.122. The first kappa shape index (κ1) is 25.3. The van der Waals surface area contributed by atoms with Gasteiger partial charge in [0.15, 0.2) is 11.5 Å². The molecule has 0 spiro atoms. The second-order valence-electron chi connectivity index (χ2n) is 8.23. The molecule has 0 bridgehead atoms. The predicted molar refractivity (Wildman–Crippen MR) is 139 cm³/mol. The van der Waals surface area contributed by atoms with Crippen LogP contribution >= 0.6 is 23.2 Å². The third-order valence-corrected chi connectivity index (χ3v) is 6.02. The molecule has 9 heteroatoms. The molecule has 4 amide bonds. The van der Waals surface area contributed by atoms with E-state index < -0.39 is 17.8 Å². The van der Waals surface area contributed by atoms with E-state index in [-0.39, 0.29) is 27.9 Å². The Morgan fingerprint density at radius 1 is 0.944 bits per heavy atom. The van der Waals surface area contributed by atoms with Gasteiger partial charge in [-0.25, -0.2) is 9.69 Å². The van der Waals surface area contributed by atoms with Crippen LogP contribution in [0.25, 0.3) is 6.08 Å². The van der Waals surface area contributed by atoms with Gasteiger partial charge in [0, 0.05) is 0 Å². The molecule has 1 aliphatic heterocycles. The van der Waals surface area contributed by atoms with Gasteiger partial charge in [-0.15, -0.1) is 0 Å². The number of rotatable bonds is 6. The molecular formula is C27H22Cl2N2O5. The Labute approximate surface area is 218 Å². The standard InChI is InChI=1S/C27H22Cl2N2O5/c1-15-8-16(2)10-18(9-15)14-36-24-21(29)12-17(13-23(24)35-3)11-19-25(32)30-27(34)31(26(19)33)22-7-5-4-6-20(22)28/h4-13H,14H2,1-3H3,(H,30,32,34)/b19-11+. The van der Waals surface area contributed by atoms with Gasteiger partial charge in [0.1, 0.15) is 12.2 Å². The van der Waals surface area contributed by atoms with Gasteiger partial charge in [-0.3, -0.25) is 14.9 Å². The summed E-state index contributed by atoms with van der Waals surface area (Å²) in [4.78, 5) is 38.9. The van der Waals surface area contributed by atoms with E-state index in [4.69, 9.17) is 32.7 Å². The number of carbonyl (C=O) groups is 3. The van der Waals surface area contributed by atoms with E-state index in [9.17, 15) is 14.4 Å². The summed E-state index contributed by atoms with van der Waals surface area (Å²) in [6.45, 7) is 4.29. The van der Waals surface area contributed by atoms with Gasteiger partial charge >= 0.3 is 6.03 Å². The lowest BCUT2D eigenvalue weighted by atomic mass is 10.1. The van der Waals surface area contributed by atoms with Gasteiger partial charge in [0.05, 0.1) is 22.8 Å². The molecule has 184 valence electrons. The fourth-order valence-electron chi connectivity index (χ4n) is 3.95. The largest absolute Gasteiger partial charge is 0.493 e. The summed E-state index contributed by atoms with van der Waals surface area (Å²) in [5.74, 6) is -1.00. The van der Waals surface area contributed by atoms with Crippen molar-refractivity contribution in [1.29, 1.82) is 0 Å². The number of urea groups is 1. The zero-order chi connectivity index (χ0) is 26.0. The van der Waals surface area contributed by atoms with E-state index in [1.165, 1.54) is 19.3 Å². The smallest absolute Gasteiger partial charge is 0.335 e. The van der Waals surface area contributed by atoms with Crippen molar-refractivity contribution in [2.75, 3.05) is 12.0 Å². The van der Waals surface area contributed by atoms with E-state index in [2.05, 4.69) is 11.4 Å². The maximum Gasteiger partial charge on any atom is 0.335 e. The van der Waals surface area contributed by atoms with Gasteiger partial charge in [-0.2, -0.15) is 0 Å². The SMILES string of the molecule is COc1cc(/C=C2\C(=O)NC(=O)N(c3ccccc3Cl)C2=O)cc(Cl)c1OCc1cc(C)cc(C)c1. The molecule has 0 aromatic heterocycles. The van der Waals surface area contributed by atoms with Crippen molar-refractivity contribution in [2.24, 2.45) is 0 Å². The number of aryl methyl sites for hydroxylation is 2. The Morgan fingerprint density at radius 3 is 2.31 bits per heavy atom. The highest BCUT2D eigenvalue weighted by molar-refractivity contribution is 6.42. The van der Waals surface area contributed by atoms with Crippen LogP contribution in [-0.2, 0) is 16.2 Å². The lowest BCUT2D eigenvalue weighted by Gasteiger charge is -2.27. The summed E-state index contributed by atoms with van der Waals surface area (Å²) in [5.41, 5.74) is 3.51. The Kier molecular flexibility index (Phi) is 7.33. The Bertz CT molecular complexity index is 1400. The number of amides is 4. The molecule has 1 aliphatic rings. The number of para-hydroxylation sites is 1. The number of barbiturate groups is 1. The second-order valence-corrected chi connectivity index (χ2v) is 9.04. The van der Waals surface area contributed by atoms with Crippen LogP contribution in [0, 0.1) is 13.8 Å². The van der Waals surface area contributed by atoms with Crippen LogP contribution in [0.1, 0.15) is 22.3 Å². The number of carbonyl (C=O) groups excluding carboxylic acids is 3. The number of halogens is 2. The van der Waals surface area contributed by atoms with Crippen molar-refractivity contribution in [2.45, 2.75) is 20.5 Å². The number of anilines is 1. The summed E-state index contributed by atoms with van der Waals surface area (Å²) in [5, 5.41) is 2.58. The summed E-state index contributed by atoms with van der Waals surface area (Å²) < 4.78 is 11.4. The first-order chi connectivity index (χ1) is 17.2. The van der Waals surface area contributed by atoms with Crippen LogP contribution in [-0.4, -0.2) is 25.0 Å². The van der Waals surface area contributed by atoms with E-state index in [1.807, 2.05) is 26.0 Å². The molecule has 0 radical (unpaired) electrons. The monoisotopic (exact) mass is 524 g/mol. The van der Waals surface area contributed by atoms with Crippen molar-refractivity contribution in [1.82, 2.24) is 5.32 Å². The van der Waals surface area contributed by atoms with Crippen molar-refractivity contribution >= 4 is 52.8 Å². The first-order valence-corrected chi connectivity index (χ1v) is 11.7. The predicted octanol–water partition coefficient (Wildman–Crippen LogP) is 5.86. The highest BCUT2D eigenvalue weighted by atomic mass is 35.5. The van der Waals surface area contributed by atoms with Crippen LogP contribution < -0.4 is 19.7 Å². The van der Waals surface area contributed by atoms with Gasteiger partial charge in [-0.05, 0) is 55.3 Å². The summed E-state index contributed by atoms with van der Waals surface area (Å²) in [7, 11) is 1.46. The Balaban J connectivity index is 1.65. The molecule has 0 atom stereocenters. The third kappa shape index (κ3) is 5.22. The van der Waals surface area contributed by atoms with Crippen molar-refractivity contribution in [3.63, 3.8) is 0 Å². The fraction of sp³-hybridized carbons (Fsp3) is 0.148. The van der Waals surface area contributed by atoms with Crippen molar-refractivity contribution < 1.29 is 23.9 Å².